The highest BCUT2D eigenvalue weighted by molar-refractivity contribution is 5.37. The third kappa shape index (κ3) is 3.70. The summed E-state index contributed by atoms with van der Waals surface area (Å²) in [6.07, 6.45) is 1.49. The Bertz CT molecular complexity index is 456. The minimum atomic E-state index is -0.214. The van der Waals surface area contributed by atoms with Crippen molar-refractivity contribution in [1.29, 1.82) is 0 Å². The van der Waals surface area contributed by atoms with Crippen LogP contribution in [0, 0.1) is 11.2 Å². The molecule has 0 spiro atoms. The summed E-state index contributed by atoms with van der Waals surface area (Å²) in [7, 11) is 0. The predicted molar refractivity (Wildman–Crippen MR) is 77.5 cm³/mol. The zero-order valence-corrected chi connectivity index (χ0v) is 12.4. The Hall–Kier alpha value is -1.13. The SMILES string of the molecule is CC(C)(C)C(CCO)NCC1Cc2cc(F)ccc2O1. The van der Waals surface area contributed by atoms with Crippen molar-refractivity contribution in [2.45, 2.75) is 45.8 Å². The van der Waals surface area contributed by atoms with Crippen LogP contribution in [0.3, 0.4) is 0 Å². The van der Waals surface area contributed by atoms with Crippen molar-refractivity contribution in [3.63, 3.8) is 0 Å². The molecule has 1 heterocycles. The van der Waals surface area contributed by atoms with E-state index in [0.29, 0.717) is 6.54 Å². The molecule has 1 aromatic rings. The molecule has 112 valence electrons. The lowest BCUT2D eigenvalue weighted by atomic mass is 9.85. The fourth-order valence-corrected chi connectivity index (χ4v) is 2.65. The number of benzene rings is 1. The number of hydrogen-bond donors (Lipinski definition) is 2. The van der Waals surface area contributed by atoms with Crippen LogP contribution in [-0.4, -0.2) is 30.4 Å². The maximum absolute atomic E-state index is 13.2. The number of rotatable bonds is 5. The summed E-state index contributed by atoms with van der Waals surface area (Å²) < 4.78 is 19.0. The lowest BCUT2D eigenvalue weighted by Crippen LogP contribution is -2.45. The van der Waals surface area contributed by atoms with Crippen LogP contribution in [0.25, 0.3) is 0 Å². The van der Waals surface area contributed by atoms with Gasteiger partial charge in [0, 0.05) is 31.2 Å². The van der Waals surface area contributed by atoms with Crippen molar-refractivity contribution < 1.29 is 14.2 Å². The Morgan fingerprint density at radius 2 is 2.20 bits per heavy atom. The molecule has 0 aliphatic carbocycles. The van der Waals surface area contributed by atoms with Crippen LogP contribution < -0.4 is 10.1 Å². The van der Waals surface area contributed by atoms with Crippen molar-refractivity contribution in [3.05, 3.63) is 29.6 Å². The van der Waals surface area contributed by atoms with Gasteiger partial charge in [-0.15, -0.1) is 0 Å². The van der Waals surface area contributed by atoms with E-state index in [1.807, 2.05) is 0 Å². The molecule has 0 fully saturated rings. The van der Waals surface area contributed by atoms with Crippen LogP contribution in [0.5, 0.6) is 5.75 Å². The van der Waals surface area contributed by atoms with Crippen molar-refractivity contribution >= 4 is 0 Å². The van der Waals surface area contributed by atoms with Gasteiger partial charge in [0.25, 0.3) is 0 Å². The van der Waals surface area contributed by atoms with Gasteiger partial charge in [0.1, 0.15) is 17.7 Å². The van der Waals surface area contributed by atoms with Gasteiger partial charge in [0.05, 0.1) is 0 Å². The summed E-state index contributed by atoms with van der Waals surface area (Å²) in [5.74, 6) is 0.571. The average molecular weight is 281 g/mol. The van der Waals surface area contributed by atoms with Gasteiger partial charge in [-0.2, -0.15) is 0 Å². The Morgan fingerprint density at radius 1 is 1.45 bits per heavy atom. The molecule has 2 N–H and O–H groups in total. The molecule has 4 heteroatoms. The molecule has 0 radical (unpaired) electrons. The number of ether oxygens (including phenoxy) is 1. The first-order chi connectivity index (χ1) is 9.40. The van der Waals surface area contributed by atoms with Crippen LogP contribution in [0.2, 0.25) is 0 Å². The monoisotopic (exact) mass is 281 g/mol. The van der Waals surface area contributed by atoms with E-state index in [4.69, 9.17) is 9.84 Å². The fraction of sp³-hybridized carbons (Fsp3) is 0.625. The van der Waals surface area contributed by atoms with E-state index in [0.717, 1.165) is 24.2 Å². The topological polar surface area (TPSA) is 41.5 Å². The number of halogens is 1. The zero-order valence-electron chi connectivity index (χ0n) is 12.4. The smallest absolute Gasteiger partial charge is 0.123 e. The molecular formula is C16H24FNO2. The molecule has 0 saturated carbocycles. The fourth-order valence-electron chi connectivity index (χ4n) is 2.65. The van der Waals surface area contributed by atoms with Gasteiger partial charge in [-0.1, -0.05) is 20.8 Å². The molecule has 0 bridgehead atoms. The molecule has 20 heavy (non-hydrogen) atoms. The number of fused-ring (bicyclic) bond motifs is 1. The van der Waals surface area contributed by atoms with Crippen LogP contribution in [0.4, 0.5) is 4.39 Å². The summed E-state index contributed by atoms with van der Waals surface area (Å²) in [6.45, 7) is 7.34. The summed E-state index contributed by atoms with van der Waals surface area (Å²) in [6, 6.07) is 4.90. The third-order valence-corrected chi connectivity index (χ3v) is 3.82. The van der Waals surface area contributed by atoms with E-state index in [1.54, 1.807) is 12.1 Å². The van der Waals surface area contributed by atoms with Gasteiger partial charge in [-0.05, 0) is 30.0 Å². The minimum absolute atomic E-state index is 0.0374. The van der Waals surface area contributed by atoms with Crippen molar-refractivity contribution in [2.24, 2.45) is 5.41 Å². The van der Waals surface area contributed by atoms with Gasteiger partial charge in [-0.3, -0.25) is 0 Å². The zero-order chi connectivity index (χ0) is 14.8. The standard InChI is InChI=1S/C16H24FNO2/c1-16(2,3)15(6-7-19)18-10-13-9-11-8-12(17)4-5-14(11)20-13/h4-5,8,13,15,18-19H,6-7,9-10H2,1-3H3. The summed E-state index contributed by atoms with van der Waals surface area (Å²) in [5.41, 5.74) is 1.02. The van der Waals surface area contributed by atoms with Crippen LogP contribution in [-0.2, 0) is 6.42 Å². The number of hydrogen-bond acceptors (Lipinski definition) is 3. The summed E-state index contributed by atoms with van der Waals surface area (Å²) in [4.78, 5) is 0. The van der Waals surface area contributed by atoms with E-state index in [1.165, 1.54) is 6.07 Å². The van der Waals surface area contributed by atoms with E-state index < -0.39 is 0 Å². The van der Waals surface area contributed by atoms with E-state index in [9.17, 15) is 4.39 Å². The second-order valence-corrected chi connectivity index (χ2v) is 6.54. The van der Waals surface area contributed by atoms with Gasteiger partial charge >= 0.3 is 0 Å². The van der Waals surface area contributed by atoms with Crippen molar-refractivity contribution in [3.8, 4) is 5.75 Å². The first-order valence-corrected chi connectivity index (χ1v) is 7.19. The van der Waals surface area contributed by atoms with Crippen molar-refractivity contribution in [1.82, 2.24) is 5.32 Å². The minimum Gasteiger partial charge on any atom is -0.488 e. The van der Waals surface area contributed by atoms with Crippen LogP contribution in [0.1, 0.15) is 32.8 Å². The van der Waals surface area contributed by atoms with Gasteiger partial charge < -0.3 is 15.2 Å². The molecule has 2 rings (SSSR count). The Morgan fingerprint density at radius 3 is 2.85 bits per heavy atom. The van der Waals surface area contributed by atoms with Crippen molar-refractivity contribution in [2.75, 3.05) is 13.2 Å². The lowest BCUT2D eigenvalue weighted by Gasteiger charge is -2.32. The van der Waals surface area contributed by atoms with E-state index >= 15 is 0 Å². The van der Waals surface area contributed by atoms with Crippen LogP contribution >= 0.6 is 0 Å². The maximum atomic E-state index is 13.2. The second-order valence-electron chi connectivity index (χ2n) is 6.54. The van der Waals surface area contributed by atoms with Gasteiger partial charge in [-0.25, -0.2) is 4.39 Å². The Kier molecular flexibility index (Phi) is 4.66. The molecule has 1 aliphatic rings. The Balaban J connectivity index is 1.90. The predicted octanol–water partition coefficient (Wildman–Crippen LogP) is 2.52. The summed E-state index contributed by atoms with van der Waals surface area (Å²) >= 11 is 0. The largest absolute Gasteiger partial charge is 0.488 e. The van der Waals surface area contributed by atoms with E-state index in [2.05, 4.69) is 26.1 Å². The van der Waals surface area contributed by atoms with E-state index in [-0.39, 0.29) is 30.0 Å². The molecule has 0 aromatic heterocycles. The quantitative estimate of drug-likeness (QED) is 0.871. The third-order valence-electron chi connectivity index (χ3n) is 3.82. The molecule has 1 aromatic carbocycles. The first-order valence-electron chi connectivity index (χ1n) is 7.19. The number of nitrogens with one attached hydrogen (secondary N) is 1. The lowest BCUT2D eigenvalue weighted by molar-refractivity contribution is 0.168. The number of aliphatic hydroxyl groups excluding tert-OH is 1. The van der Waals surface area contributed by atoms with Crippen LogP contribution in [0.15, 0.2) is 18.2 Å². The van der Waals surface area contributed by atoms with Gasteiger partial charge in [0.15, 0.2) is 0 Å². The highest BCUT2D eigenvalue weighted by Crippen LogP contribution is 2.29. The molecule has 0 amide bonds. The Labute approximate surface area is 120 Å². The average Bonchev–Trinajstić information content (AvgIpc) is 2.74. The highest BCUT2D eigenvalue weighted by Gasteiger charge is 2.27. The number of aliphatic hydroxyl groups is 1. The normalized spacial score (nSPS) is 19.6. The molecule has 2 unspecified atom stereocenters. The molecular weight excluding hydrogens is 257 g/mol. The summed E-state index contributed by atoms with van der Waals surface area (Å²) in [5, 5.41) is 12.6. The molecule has 1 aliphatic heterocycles. The highest BCUT2D eigenvalue weighted by atomic mass is 19.1. The second kappa shape index (κ2) is 6.10. The first kappa shape index (κ1) is 15.3. The molecule has 2 atom stereocenters. The molecule has 3 nitrogen and oxygen atoms in total. The maximum Gasteiger partial charge on any atom is 0.123 e. The van der Waals surface area contributed by atoms with Gasteiger partial charge in [0.2, 0.25) is 0 Å². The molecule has 0 saturated heterocycles.